The van der Waals surface area contributed by atoms with Crippen molar-refractivity contribution in [3.8, 4) is 0 Å². The second-order valence-electron chi connectivity index (χ2n) is 23.4. The second-order valence-corrected chi connectivity index (χ2v) is 23.4. The Morgan fingerprint density at radius 2 is 0.456 bits per heavy atom. The number of unbranched alkanes of at least 4 members (excludes halogenated alkanes) is 43. The highest BCUT2D eigenvalue weighted by Crippen LogP contribution is 2.18. The third-order valence-electron chi connectivity index (χ3n) is 15.5. The number of hydrogen-bond acceptors (Lipinski definition) is 6. The van der Waals surface area contributed by atoms with Crippen LogP contribution in [0.1, 0.15) is 367 Å². The molecule has 0 N–H and O–H groups in total. The zero-order valence-electron chi connectivity index (χ0n) is 52.9. The molecule has 460 valence electrons. The van der Waals surface area contributed by atoms with Crippen molar-refractivity contribution < 1.29 is 28.6 Å². The van der Waals surface area contributed by atoms with Crippen LogP contribution in [0.5, 0.6) is 0 Å². The summed E-state index contributed by atoms with van der Waals surface area (Å²) in [6.07, 6.45) is 86.6. The first kappa shape index (κ1) is 76.1. The summed E-state index contributed by atoms with van der Waals surface area (Å²) in [5.41, 5.74) is 0. The first-order valence-corrected chi connectivity index (χ1v) is 34.8. The number of allylic oxidation sites excluding steroid dienone is 10. The maximum absolute atomic E-state index is 13.0. The van der Waals surface area contributed by atoms with Crippen LogP contribution in [-0.2, 0) is 28.6 Å². The third kappa shape index (κ3) is 65.8. The maximum Gasteiger partial charge on any atom is 0.306 e. The van der Waals surface area contributed by atoms with Crippen molar-refractivity contribution in [1.82, 2.24) is 0 Å². The highest BCUT2D eigenvalue weighted by molar-refractivity contribution is 5.71. The van der Waals surface area contributed by atoms with E-state index in [1.807, 2.05) is 0 Å². The van der Waals surface area contributed by atoms with Gasteiger partial charge in [0.25, 0.3) is 0 Å². The second kappa shape index (κ2) is 67.6. The summed E-state index contributed by atoms with van der Waals surface area (Å²) in [5.74, 6) is -0.870. The number of hydrogen-bond donors (Lipinski definition) is 0. The van der Waals surface area contributed by atoms with Gasteiger partial charge in [-0.3, -0.25) is 14.4 Å². The van der Waals surface area contributed by atoms with Crippen LogP contribution in [0, 0.1) is 0 Å². The van der Waals surface area contributed by atoms with E-state index in [0.29, 0.717) is 19.3 Å². The molecule has 0 aromatic rings. The van der Waals surface area contributed by atoms with Gasteiger partial charge < -0.3 is 14.2 Å². The first-order chi connectivity index (χ1) is 39.0. The number of carbonyl (C=O) groups excluding carboxylic acids is 3. The molecule has 0 heterocycles. The van der Waals surface area contributed by atoms with E-state index < -0.39 is 6.10 Å². The van der Waals surface area contributed by atoms with Crippen LogP contribution in [0.15, 0.2) is 60.8 Å². The molecule has 1 atom stereocenters. The topological polar surface area (TPSA) is 78.9 Å². The van der Waals surface area contributed by atoms with Gasteiger partial charge in [-0.2, -0.15) is 0 Å². The van der Waals surface area contributed by atoms with Gasteiger partial charge in [-0.15, -0.1) is 0 Å². The Labute approximate surface area is 491 Å². The molecule has 0 aliphatic heterocycles. The van der Waals surface area contributed by atoms with Gasteiger partial charge in [0.05, 0.1) is 0 Å². The van der Waals surface area contributed by atoms with Crippen LogP contribution in [0.2, 0.25) is 0 Å². The van der Waals surface area contributed by atoms with Gasteiger partial charge in [-0.1, -0.05) is 319 Å². The molecule has 1 unspecified atom stereocenters. The van der Waals surface area contributed by atoms with Crippen molar-refractivity contribution >= 4 is 17.9 Å². The molecule has 0 amide bonds. The highest BCUT2D eigenvalue weighted by atomic mass is 16.6. The summed E-state index contributed by atoms with van der Waals surface area (Å²) >= 11 is 0. The van der Waals surface area contributed by atoms with Gasteiger partial charge >= 0.3 is 17.9 Å². The molecule has 0 spiro atoms. The van der Waals surface area contributed by atoms with E-state index in [1.165, 1.54) is 244 Å². The lowest BCUT2D eigenvalue weighted by Gasteiger charge is -2.18. The van der Waals surface area contributed by atoms with E-state index >= 15 is 0 Å². The van der Waals surface area contributed by atoms with Gasteiger partial charge in [-0.05, 0) is 89.9 Å². The van der Waals surface area contributed by atoms with Crippen LogP contribution < -0.4 is 0 Å². The Kier molecular flexibility index (Phi) is 65.1. The van der Waals surface area contributed by atoms with E-state index in [1.54, 1.807) is 0 Å². The fraction of sp³-hybridized carbons (Fsp3) is 0.822. The highest BCUT2D eigenvalue weighted by Gasteiger charge is 2.19. The van der Waals surface area contributed by atoms with Crippen molar-refractivity contribution in [2.75, 3.05) is 13.2 Å². The van der Waals surface area contributed by atoms with Crippen LogP contribution in [0.25, 0.3) is 0 Å². The van der Waals surface area contributed by atoms with Gasteiger partial charge in [0.2, 0.25) is 0 Å². The minimum Gasteiger partial charge on any atom is -0.462 e. The SMILES string of the molecule is CCCCC/C=C\C/C=C\CCCCCCCCCCCC(=O)OCC(COC(=O)CCCCCCCC/C=C\C/C=C\C/C=C\CCCCCCC)OC(=O)CCCCCCCCCCCCCCCCCCCCCCC. The summed E-state index contributed by atoms with van der Waals surface area (Å²) < 4.78 is 17.0. The summed E-state index contributed by atoms with van der Waals surface area (Å²) in [7, 11) is 0. The molecule has 0 aliphatic carbocycles. The quantitative estimate of drug-likeness (QED) is 0.0261. The number of rotatable bonds is 64. The Morgan fingerprint density at radius 1 is 0.253 bits per heavy atom. The minimum atomic E-state index is -0.782. The predicted molar refractivity (Wildman–Crippen MR) is 344 cm³/mol. The Hall–Kier alpha value is -2.89. The van der Waals surface area contributed by atoms with Gasteiger partial charge in [0.15, 0.2) is 6.10 Å². The lowest BCUT2D eigenvalue weighted by Crippen LogP contribution is -2.30. The molecule has 0 bridgehead atoms. The van der Waals surface area contributed by atoms with E-state index in [9.17, 15) is 14.4 Å². The number of carbonyl (C=O) groups is 3. The van der Waals surface area contributed by atoms with Crippen molar-refractivity contribution in [3.05, 3.63) is 60.8 Å². The summed E-state index contributed by atoms with van der Waals surface area (Å²) in [5, 5.41) is 0. The lowest BCUT2D eigenvalue weighted by atomic mass is 10.0. The Bertz CT molecular complexity index is 1410. The van der Waals surface area contributed by atoms with Crippen LogP contribution >= 0.6 is 0 Å². The summed E-state index contributed by atoms with van der Waals surface area (Å²) in [6, 6.07) is 0. The molecule has 0 rings (SSSR count). The predicted octanol–water partition coefficient (Wildman–Crippen LogP) is 23.9. The van der Waals surface area contributed by atoms with Crippen LogP contribution in [-0.4, -0.2) is 37.2 Å². The first-order valence-electron chi connectivity index (χ1n) is 34.8. The molecule has 0 aromatic carbocycles. The van der Waals surface area contributed by atoms with Crippen molar-refractivity contribution in [3.63, 3.8) is 0 Å². The molecule has 79 heavy (non-hydrogen) atoms. The average molecular weight is 1110 g/mol. The summed E-state index contributed by atoms with van der Waals surface area (Å²) in [4.78, 5) is 38.5. The zero-order valence-corrected chi connectivity index (χ0v) is 52.9. The monoisotopic (exact) mass is 1110 g/mol. The molecule has 0 fully saturated rings. The molecule has 0 aliphatic rings. The zero-order chi connectivity index (χ0) is 57.1. The van der Waals surface area contributed by atoms with Gasteiger partial charge in [0.1, 0.15) is 13.2 Å². The Balaban J connectivity index is 4.37. The van der Waals surface area contributed by atoms with E-state index in [-0.39, 0.29) is 31.1 Å². The minimum absolute atomic E-state index is 0.0774. The third-order valence-corrected chi connectivity index (χ3v) is 15.5. The molecule has 6 nitrogen and oxygen atoms in total. The molecule has 0 aromatic heterocycles. The van der Waals surface area contributed by atoms with Crippen molar-refractivity contribution in [1.29, 1.82) is 0 Å². The van der Waals surface area contributed by atoms with E-state index in [0.717, 1.165) is 83.5 Å². The molecule has 6 heteroatoms. The molecule has 0 radical (unpaired) electrons. The summed E-state index contributed by atoms with van der Waals surface area (Å²) in [6.45, 7) is 6.65. The lowest BCUT2D eigenvalue weighted by molar-refractivity contribution is -0.167. The number of esters is 3. The van der Waals surface area contributed by atoms with E-state index in [4.69, 9.17) is 14.2 Å². The number of ether oxygens (including phenoxy) is 3. The van der Waals surface area contributed by atoms with Crippen molar-refractivity contribution in [2.24, 2.45) is 0 Å². The Morgan fingerprint density at radius 3 is 0.734 bits per heavy atom. The molecular formula is C73H132O6. The molecule has 0 saturated carbocycles. The largest absolute Gasteiger partial charge is 0.462 e. The fourth-order valence-corrected chi connectivity index (χ4v) is 10.2. The maximum atomic E-state index is 13.0. The standard InChI is InChI=1S/C73H132O6/c1-4-7-10-13-16-19-22-25-28-31-34-36-39-42-45-48-51-54-57-60-63-66-72(75)78-69-70(68-77-71(74)65-62-59-56-53-50-47-44-41-38-33-30-27-24-21-18-15-12-9-6-3)79-73(76)67-64-61-58-55-52-49-46-43-40-37-35-32-29-26-23-20-17-14-11-8-5-2/h18,21-22,25,27,30-31,34,39,42,70H,4-17,19-20,23-24,26,28-29,32-33,35-38,40-41,43-69H2,1-3H3/b21-18-,25-22-,30-27-,34-31-,42-39-. The normalized spacial score (nSPS) is 12.4. The molecular weight excluding hydrogens is 973 g/mol. The van der Waals surface area contributed by atoms with Crippen LogP contribution in [0.3, 0.4) is 0 Å². The molecule has 0 saturated heterocycles. The smallest absolute Gasteiger partial charge is 0.306 e. The average Bonchev–Trinajstić information content (AvgIpc) is 3.45. The van der Waals surface area contributed by atoms with Gasteiger partial charge in [-0.25, -0.2) is 0 Å². The van der Waals surface area contributed by atoms with Crippen molar-refractivity contribution in [2.45, 2.75) is 374 Å². The van der Waals surface area contributed by atoms with Crippen LogP contribution in [0.4, 0.5) is 0 Å². The van der Waals surface area contributed by atoms with Gasteiger partial charge in [0, 0.05) is 19.3 Å². The van der Waals surface area contributed by atoms with E-state index in [2.05, 4.69) is 81.5 Å². The fourth-order valence-electron chi connectivity index (χ4n) is 10.2.